The molecule has 1 nitrogen and oxygen atoms in total. The van der Waals surface area contributed by atoms with E-state index in [4.69, 9.17) is 4.74 Å². The Morgan fingerprint density at radius 2 is 1.76 bits per heavy atom. The third-order valence-corrected chi connectivity index (χ3v) is 2.80. The zero-order valence-corrected chi connectivity index (χ0v) is 10.3. The summed E-state index contributed by atoms with van der Waals surface area (Å²) in [6, 6.07) is 16.8. The molecule has 2 aromatic rings. The second-order valence-corrected chi connectivity index (χ2v) is 4.04. The average Bonchev–Trinajstić information content (AvgIpc) is 2.40. The summed E-state index contributed by atoms with van der Waals surface area (Å²) in [4.78, 5) is 0. The molecule has 0 amide bonds. The Bertz CT molecular complexity index is 471. The minimum Gasteiger partial charge on any atom is -0.497 e. The van der Waals surface area contributed by atoms with Gasteiger partial charge in [-0.1, -0.05) is 43.3 Å². The topological polar surface area (TPSA) is 9.23 Å². The van der Waals surface area contributed by atoms with Gasteiger partial charge in [-0.3, -0.25) is 0 Å². The average molecular weight is 225 g/mol. The number of rotatable bonds is 4. The third-order valence-electron chi connectivity index (χ3n) is 2.80. The van der Waals surface area contributed by atoms with Crippen LogP contribution in [0.3, 0.4) is 0 Å². The van der Waals surface area contributed by atoms with Crippen LogP contribution in [-0.4, -0.2) is 7.11 Å². The smallest absolute Gasteiger partial charge is 0.119 e. The van der Waals surface area contributed by atoms with Gasteiger partial charge >= 0.3 is 0 Å². The van der Waals surface area contributed by atoms with Gasteiger partial charge in [0.15, 0.2) is 0 Å². The Labute approximate surface area is 103 Å². The van der Waals surface area contributed by atoms with E-state index in [2.05, 4.69) is 49.7 Å². The van der Waals surface area contributed by atoms with Gasteiger partial charge in [-0.05, 0) is 41.7 Å². The van der Waals surface area contributed by atoms with Gasteiger partial charge in [0, 0.05) is 0 Å². The summed E-state index contributed by atoms with van der Waals surface area (Å²) in [5, 5.41) is 0. The van der Waals surface area contributed by atoms with Crippen LogP contribution in [0.5, 0.6) is 5.75 Å². The van der Waals surface area contributed by atoms with Crippen LogP contribution in [0.1, 0.15) is 12.5 Å². The van der Waals surface area contributed by atoms with E-state index in [-0.39, 0.29) is 0 Å². The molecule has 0 saturated heterocycles. The minimum absolute atomic E-state index is 0.897. The monoisotopic (exact) mass is 225 g/mol. The molecule has 0 unspecified atom stereocenters. The van der Waals surface area contributed by atoms with Gasteiger partial charge in [0.2, 0.25) is 0 Å². The van der Waals surface area contributed by atoms with Gasteiger partial charge in [-0.15, -0.1) is 0 Å². The predicted octanol–water partition coefficient (Wildman–Crippen LogP) is 4.13. The van der Waals surface area contributed by atoms with E-state index in [1.807, 2.05) is 12.1 Å². The molecule has 0 aliphatic rings. The summed E-state index contributed by atoms with van der Waals surface area (Å²) in [7, 11) is 1.69. The Kier molecular flexibility index (Phi) is 3.81. The molecule has 0 saturated carbocycles. The zero-order chi connectivity index (χ0) is 12.1. The van der Waals surface area contributed by atoms with E-state index in [0.717, 1.165) is 12.2 Å². The quantitative estimate of drug-likeness (QED) is 0.760. The van der Waals surface area contributed by atoms with Gasteiger partial charge < -0.3 is 4.74 Å². The Morgan fingerprint density at radius 3 is 2.41 bits per heavy atom. The van der Waals surface area contributed by atoms with Crippen molar-refractivity contribution < 1.29 is 4.74 Å². The van der Waals surface area contributed by atoms with Crippen molar-refractivity contribution in [1.29, 1.82) is 0 Å². The number of hydrogen-bond acceptors (Lipinski definition) is 1. The third kappa shape index (κ3) is 2.88. The van der Waals surface area contributed by atoms with Crippen molar-refractivity contribution in [3.05, 3.63) is 60.5 Å². The fourth-order valence-electron chi connectivity index (χ4n) is 1.87. The molecule has 0 aromatic heterocycles. The molecular formula is C16H17O. The number of benzene rings is 2. The van der Waals surface area contributed by atoms with Crippen LogP contribution in [0.2, 0.25) is 0 Å². The maximum atomic E-state index is 5.23. The summed E-state index contributed by atoms with van der Waals surface area (Å²) in [6.07, 6.45) is 3.19. The van der Waals surface area contributed by atoms with Gasteiger partial charge in [0.1, 0.15) is 5.75 Å². The predicted molar refractivity (Wildman–Crippen MR) is 72.1 cm³/mol. The SMILES string of the molecule is C[CH]Cc1ccc(-c2cccc(OC)c2)cc1. The van der Waals surface area contributed by atoms with E-state index in [1.165, 1.54) is 16.7 Å². The van der Waals surface area contributed by atoms with Crippen LogP contribution < -0.4 is 4.74 Å². The summed E-state index contributed by atoms with van der Waals surface area (Å²) in [5.41, 5.74) is 3.76. The van der Waals surface area contributed by atoms with Crippen molar-refractivity contribution in [3.8, 4) is 16.9 Å². The summed E-state index contributed by atoms with van der Waals surface area (Å²) >= 11 is 0. The lowest BCUT2D eigenvalue weighted by Crippen LogP contribution is -1.85. The molecule has 0 heterocycles. The van der Waals surface area contributed by atoms with E-state index in [1.54, 1.807) is 7.11 Å². The standard InChI is InChI=1S/C16H17O/c1-3-5-13-8-10-14(11-9-13)15-6-4-7-16(12-15)17-2/h3-4,6-12H,5H2,1-2H3. The lowest BCUT2D eigenvalue weighted by atomic mass is 10.0. The van der Waals surface area contributed by atoms with Crippen LogP contribution in [0.25, 0.3) is 11.1 Å². The minimum atomic E-state index is 0.897. The molecule has 0 N–H and O–H groups in total. The second-order valence-electron chi connectivity index (χ2n) is 4.04. The summed E-state index contributed by atoms with van der Waals surface area (Å²) in [6.45, 7) is 2.08. The molecule has 2 rings (SSSR count). The highest BCUT2D eigenvalue weighted by Crippen LogP contribution is 2.24. The normalized spacial score (nSPS) is 10.2. The van der Waals surface area contributed by atoms with Crippen molar-refractivity contribution in [2.75, 3.05) is 7.11 Å². The molecule has 87 valence electrons. The fourth-order valence-corrected chi connectivity index (χ4v) is 1.87. The fraction of sp³-hybridized carbons (Fsp3) is 0.188. The Hall–Kier alpha value is -1.76. The molecule has 0 bridgehead atoms. The van der Waals surface area contributed by atoms with E-state index in [0.29, 0.717) is 0 Å². The first-order chi connectivity index (χ1) is 8.33. The molecule has 0 aliphatic carbocycles. The van der Waals surface area contributed by atoms with Gasteiger partial charge in [0.25, 0.3) is 0 Å². The van der Waals surface area contributed by atoms with Crippen LogP contribution in [0, 0.1) is 6.42 Å². The molecule has 1 radical (unpaired) electrons. The molecule has 17 heavy (non-hydrogen) atoms. The van der Waals surface area contributed by atoms with Crippen molar-refractivity contribution in [2.45, 2.75) is 13.3 Å². The van der Waals surface area contributed by atoms with Crippen molar-refractivity contribution >= 4 is 0 Å². The lowest BCUT2D eigenvalue weighted by Gasteiger charge is -2.06. The Balaban J connectivity index is 2.26. The molecule has 0 atom stereocenters. The first-order valence-electron chi connectivity index (χ1n) is 5.84. The van der Waals surface area contributed by atoms with E-state index < -0.39 is 0 Å². The molecular weight excluding hydrogens is 208 g/mol. The van der Waals surface area contributed by atoms with E-state index in [9.17, 15) is 0 Å². The maximum absolute atomic E-state index is 5.23. The molecule has 0 spiro atoms. The first kappa shape index (κ1) is 11.7. The molecule has 1 heteroatoms. The Morgan fingerprint density at radius 1 is 1.00 bits per heavy atom. The highest BCUT2D eigenvalue weighted by Gasteiger charge is 1.99. The van der Waals surface area contributed by atoms with E-state index >= 15 is 0 Å². The first-order valence-corrected chi connectivity index (χ1v) is 5.84. The largest absolute Gasteiger partial charge is 0.497 e. The second kappa shape index (κ2) is 5.53. The molecule has 2 aromatic carbocycles. The van der Waals surface area contributed by atoms with Crippen LogP contribution >= 0.6 is 0 Å². The van der Waals surface area contributed by atoms with Crippen molar-refractivity contribution in [3.63, 3.8) is 0 Å². The van der Waals surface area contributed by atoms with Crippen molar-refractivity contribution in [1.82, 2.24) is 0 Å². The van der Waals surface area contributed by atoms with Crippen LogP contribution in [-0.2, 0) is 6.42 Å². The van der Waals surface area contributed by atoms with Crippen LogP contribution in [0.4, 0.5) is 0 Å². The summed E-state index contributed by atoms with van der Waals surface area (Å²) < 4.78 is 5.23. The highest BCUT2D eigenvalue weighted by molar-refractivity contribution is 5.65. The zero-order valence-electron chi connectivity index (χ0n) is 10.3. The van der Waals surface area contributed by atoms with Crippen molar-refractivity contribution in [2.24, 2.45) is 0 Å². The summed E-state index contributed by atoms with van der Waals surface area (Å²) in [5.74, 6) is 0.897. The highest BCUT2D eigenvalue weighted by atomic mass is 16.5. The van der Waals surface area contributed by atoms with Gasteiger partial charge in [0.05, 0.1) is 7.11 Å². The molecule has 0 aliphatic heterocycles. The maximum Gasteiger partial charge on any atom is 0.119 e. The molecule has 0 fully saturated rings. The lowest BCUT2D eigenvalue weighted by molar-refractivity contribution is 0.415. The van der Waals surface area contributed by atoms with Crippen LogP contribution in [0.15, 0.2) is 48.5 Å². The van der Waals surface area contributed by atoms with Gasteiger partial charge in [-0.25, -0.2) is 0 Å². The van der Waals surface area contributed by atoms with Gasteiger partial charge in [-0.2, -0.15) is 0 Å². The number of methoxy groups -OCH3 is 1. The number of hydrogen-bond donors (Lipinski definition) is 0. The number of ether oxygens (including phenoxy) is 1.